The van der Waals surface area contributed by atoms with Gasteiger partial charge in [-0.2, -0.15) is 0 Å². The van der Waals surface area contributed by atoms with Crippen LogP contribution in [0, 0.1) is 0 Å². The van der Waals surface area contributed by atoms with Crippen molar-refractivity contribution in [3.05, 3.63) is 48.7 Å². The number of aromatic nitrogens is 4. The van der Waals surface area contributed by atoms with Gasteiger partial charge in [0.1, 0.15) is 25.2 Å². The third kappa shape index (κ3) is 2.34. The second-order valence-corrected chi connectivity index (χ2v) is 6.84. The summed E-state index contributed by atoms with van der Waals surface area (Å²) in [6.07, 6.45) is 8.46. The molecule has 1 aliphatic rings. The van der Waals surface area contributed by atoms with Crippen LogP contribution in [0.25, 0.3) is 10.9 Å². The topological polar surface area (TPSA) is 55.7 Å². The van der Waals surface area contributed by atoms with Gasteiger partial charge in [0.2, 0.25) is 0 Å². The van der Waals surface area contributed by atoms with Crippen LogP contribution in [0.2, 0.25) is 0 Å². The smallest absolute Gasteiger partial charge is 0.171 e. The van der Waals surface area contributed by atoms with E-state index in [4.69, 9.17) is 4.74 Å². The summed E-state index contributed by atoms with van der Waals surface area (Å²) in [6, 6.07) is 8.99. The fraction of sp³-hybridized carbons (Fsp3) is 0.444. The van der Waals surface area contributed by atoms with E-state index in [2.05, 4.69) is 57.3 Å². The fourth-order valence-corrected chi connectivity index (χ4v) is 4.36. The highest BCUT2D eigenvalue weighted by molar-refractivity contribution is 5.83. The van der Waals surface area contributed by atoms with Crippen LogP contribution in [-0.2, 0) is 4.74 Å². The SMILES string of the molecule is COCC[N+]1(C)C(n2cnnc2)CC[C@@H]1c1c[nH]c2ccccc12. The van der Waals surface area contributed by atoms with Crippen LogP contribution in [-0.4, -0.2) is 51.5 Å². The molecule has 24 heavy (non-hydrogen) atoms. The van der Waals surface area contributed by atoms with E-state index in [9.17, 15) is 0 Å². The average Bonchev–Trinajstić information content (AvgIpc) is 3.31. The summed E-state index contributed by atoms with van der Waals surface area (Å²) < 4.78 is 8.49. The molecule has 6 heteroatoms. The number of methoxy groups -OCH3 is 1. The van der Waals surface area contributed by atoms with E-state index in [1.165, 1.54) is 16.5 Å². The number of aromatic amines is 1. The van der Waals surface area contributed by atoms with Gasteiger partial charge >= 0.3 is 0 Å². The van der Waals surface area contributed by atoms with Gasteiger partial charge in [0, 0.05) is 42.6 Å². The summed E-state index contributed by atoms with van der Waals surface area (Å²) in [5.74, 6) is 0. The third-order valence-electron chi connectivity index (χ3n) is 5.63. The van der Waals surface area contributed by atoms with Gasteiger partial charge in [0.15, 0.2) is 6.17 Å². The molecule has 0 bridgehead atoms. The minimum Gasteiger partial charge on any atom is -0.379 e. The lowest BCUT2D eigenvalue weighted by Gasteiger charge is -2.41. The van der Waals surface area contributed by atoms with Crippen LogP contribution >= 0.6 is 0 Å². The molecule has 3 heterocycles. The van der Waals surface area contributed by atoms with Crippen molar-refractivity contribution in [3.8, 4) is 0 Å². The largest absolute Gasteiger partial charge is 0.379 e. The molecule has 1 N–H and O–H groups in total. The fourth-order valence-electron chi connectivity index (χ4n) is 4.36. The van der Waals surface area contributed by atoms with E-state index in [0.717, 1.165) is 30.5 Å². The molecule has 3 atom stereocenters. The maximum Gasteiger partial charge on any atom is 0.171 e. The minimum absolute atomic E-state index is 0.341. The Bertz CT molecular complexity index is 812. The summed E-state index contributed by atoms with van der Waals surface area (Å²) in [7, 11) is 4.11. The van der Waals surface area contributed by atoms with Gasteiger partial charge in [-0.05, 0) is 6.07 Å². The Morgan fingerprint density at radius 2 is 2.04 bits per heavy atom. The number of ether oxygens (including phenoxy) is 1. The molecule has 0 amide bonds. The van der Waals surface area contributed by atoms with E-state index in [-0.39, 0.29) is 0 Å². The molecule has 1 fully saturated rings. The van der Waals surface area contributed by atoms with Gasteiger partial charge in [-0.1, -0.05) is 18.2 Å². The predicted molar refractivity (Wildman–Crippen MR) is 92.3 cm³/mol. The van der Waals surface area contributed by atoms with Gasteiger partial charge in [-0.15, -0.1) is 10.2 Å². The molecular formula is C18H24N5O+. The zero-order chi connectivity index (χ0) is 16.6. The molecule has 6 nitrogen and oxygen atoms in total. The molecule has 126 valence electrons. The Hall–Kier alpha value is -2.18. The zero-order valence-corrected chi connectivity index (χ0v) is 14.2. The van der Waals surface area contributed by atoms with E-state index in [1.54, 1.807) is 7.11 Å². The van der Waals surface area contributed by atoms with Gasteiger partial charge in [0.05, 0.1) is 13.7 Å². The number of hydrogen-bond donors (Lipinski definition) is 1. The van der Waals surface area contributed by atoms with Crippen molar-refractivity contribution in [2.24, 2.45) is 0 Å². The second kappa shape index (κ2) is 6.03. The number of para-hydroxylation sites is 1. The summed E-state index contributed by atoms with van der Waals surface area (Å²) in [5, 5.41) is 9.36. The average molecular weight is 326 g/mol. The molecule has 1 aliphatic heterocycles. The van der Waals surface area contributed by atoms with Gasteiger partial charge in [-0.25, -0.2) is 0 Å². The number of H-pyrrole nitrogens is 1. The molecule has 1 saturated heterocycles. The summed E-state index contributed by atoms with van der Waals surface area (Å²) in [5.41, 5.74) is 2.61. The Labute approximate surface area is 141 Å². The number of nitrogens with zero attached hydrogens (tertiary/aromatic N) is 4. The van der Waals surface area contributed by atoms with Crippen LogP contribution in [0.3, 0.4) is 0 Å². The maximum absolute atomic E-state index is 5.42. The molecule has 0 saturated carbocycles. The predicted octanol–water partition coefficient (Wildman–Crippen LogP) is 2.89. The Morgan fingerprint density at radius 1 is 1.25 bits per heavy atom. The van der Waals surface area contributed by atoms with Gasteiger partial charge < -0.3 is 9.72 Å². The Morgan fingerprint density at radius 3 is 2.83 bits per heavy atom. The molecule has 2 aromatic heterocycles. The maximum atomic E-state index is 5.42. The Kier molecular flexibility index (Phi) is 3.86. The highest BCUT2D eigenvalue weighted by atomic mass is 16.5. The number of nitrogens with one attached hydrogen (secondary N) is 1. The number of likely N-dealkylation sites (tertiary alicyclic amines) is 1. The van der Waals surface area contributed by atoms with Crippen LogP contribution in [0.4, 0.5) is 0 Å². The van der Waals surface area contributed by atoms with Crippen molar-refractivity contribution < 1.29 is 9.22 Å². The van der Waals surface area contributed by atoms with Crippen molar-refractivity contribution in [1.29, 1.82) is 0 Å². The second-order valence-electron chi connectivity index (χ2n) is 6.84. The molecule has 0 aliphatic carbocycles. The number of benzene rings is 1. The molecule has 0 radical (unpaired) electrons. The van der Waals surface area contributed by atoms with Gasteiger partial charge in [0.25, 0.3) is 0 Å². The monoisotopic (exact) mass is 326 g/mol. The molecule has 2 unspecified atom stereocenters. The van der Waals surface area contributed by atoms with E-state index in [1.807, 2.05) is 12.7 Å². The van der Waals surface area contributed by atoms with Crippen LogP contribution in [0.15, 0.2) is 43.1 Å². The van der Waals surface area contributed by atoms with E-state index < -0.39 is 0 Å². The first kappa shape index (κ1) is 15.4. The van der Waals surface area contributed by atoms with Crippen LogP contribution < -0.4 is 0 Å². The molecular weight excluding hydrogens is 302 g/mol. The summed E-state index contributed by atoms with van der Waals surface area (Å²) >= 11 is 0. The van der Waals surface area contributed by atoms with Crippen molar-refractivity contribution in [2.45, 2.75) is 25.0 Å². The van der Waals surface area contributed by atoms with Gasteiger partial charge in [-0.3, -0.25) is 9.05 Å². The first-order valence-corrected chi connectivity index (χ1v) is 8.48. The number of quaternary nitrogens is 1. The molecule has 4 rings (SSSR count). The lowest BCUT2D eigenvalue weighted by atomic mass is 10.0. The zero-order valence-electron chi connectivity index (χ0n) is 14.2. The number of fused-ring (bicyclic) bond motifs is 1. The highest BCUT2D eigenvalue weighted by Gasteiger charge is 2.48. The Balaban J connectivity index is 1.76. The van der Waals surface area contributed by atoms with Crippen molar-refractivity contribution in [2.75, 3.05) is 27.3 Å². The lowest BCUT2D eigenvalue weighted by Crippen LogP contribution is -2.49. The highest BCUT2D eigenvalue weighted by Crippen LogP contribution is 2.48. The molecule has 0 spiro atoms. The molecule has 3 aromatic rings. The molecule has 1 aromatic carbocycles. The van der Waals surface area contributed by atoms with E-state index in [0.29, 0.717) is 12.2 Å². The van der Waals surface area contributed by atoms with Crippen molar-refractivity contribution in [1.82, 2.24) is 19.7 Å². The first-order valence-electron chi connectivity index (χ1n) is 8.48. The summed E-state index contributed by atoms with van der Waals surface area (Å²) in [4.78, 5) is 3.44. The summed E-state index contributed by atoms with van der Waals surface area (Å²) in [6.45, 7) is 1.71. The normalized spacial score (nSPS) is 27.1. The standard InChI is InChI=1S/C18H24N5O/c1-23(9-10-24-2)17(7-8-18(23)22-12-20-21-13-22)15-11-19-16-6-4-3-5-14(15)16/h3-6,11-13,17-19H,7-10H2,1-2H3/q+1/t17-,18?,23?/m1/s1. The van der Waals surface area contributed by atoms with Crippen molar-refractivity contribution >= 4 is 10.9 Å². The first-order chi connectivity index (χ1) is 11.7. The number of rotatable bonds is 5. The van der Waals surface area contributed by atoms with Crippen LogP contribution in [0.1, 0.15) is 30.6 Å². The van der Waals surface area contributed by atoms with E-state index >= 15 is 0 Å². The minimum atomic E-state index is 0.341. The van der Waals surface area contributed by atoms with Crippen molar-refractivity contribution in [3.63, 3.8) is 0 Å². The van der Waals surface area contributed by atoms with Crippen LogP contribution in [0.5, 0.6) is 0 Å². The number of hydrogen-bond acceptors (Lipinski definition) is 3. The quantitative estimate of drug-likeness (QED) is 0.734. The third-order valence-corrected chi connectivity index (χ3v) is 5.63. The lowest BCUT2D eigenvalue weighted by molar-refractivity contribution is -0.963. The number of likely N-dealkylation sites (N-methyl/N-ethyl adjacent to an activating group) is 1.